The van der Waals surface area contributed by atoms with Crippen molar-refractivity contribution in [1.29, 1.82) is 0 Å². The Bertz CT molecular complexity index is 570. The first-order valence-corrected chi connectivity index (χ1v) is 7.39. The monoisotopic (exact) mass is 275 g/mol. The molecule has 0 spiro atoms. The van der Waals surface area contributed by atoms with Crippen LogP contribution in [0.3, 0.4) is 0 Å². The van der Waals surface area contributed by atoms with E-state index in [9.17, 15) is 4.39 Å². The summed E-state index contributed by atoms with van der Waals surface area (Å²) in [5.41, 5.74) is 2.18. The van der Waals surface area contributed by atoms with E-state index < -0.39 is 0 Å². The number of rotatable bonds is 4. The Balaban J connectivity index is 1.58. The minimum Gasteiger partial charge on any atom is -0.361 e. The molecule has 3 nitrogen and oxygen atoms in total. The second kappa shape index (κ2) is 5.94. The highest BCUT2D eigenvalue weighted by atomic mass is 19.1. The Morgan fingerprint density at radius 2 is 2.00 bits per heavy atom. The second-order valence-electron chi connectivity index (χ2n) is 5.76. The van der Waals surface area contributed by atoms with Crippen LogP contribution in [-0.2, 0) is 6.42 Å². The van der Waals surface area contributed by atoms with Crippen molar-refractivity contribution in [2.45, 2.75) is 12.8 Å². The number of nitrogens with one attached hydrogen (secondary N) is 1. The molecular weight excluding hydrogens is 253 g/mol. The molecule has 4 heteroatoms. The SMILES string of the molecule is CN1CCN(CCCc2cc(F)cc3cc[nH]c23)CC1. The molecule has 1 aromatic carbocycles. The fraction of sp³-hybridized carbons (Fsp3) is 0.500. The number of aromatic amines is 1. The number of hydrogen-bond donors (Lipinski definition) is 1. The zero-order valence-corrected chi connectivity index (χ0v) is 12.0. The van der Waals surface area contributed by atoms with Crippen LogP contribution >= 0.6 is 0 Å². The van der Waals surface area contributed by atoms with E-state index >= 15 is 0 Å². The van der Waals surface area contributed by atoms with Gasteiger partial charge in [0, 0.05) is 43.3 Å². The molecule has 0 unspecified atom stereocenters. The van der Waals surface area contributed by atoms with Crippen molar-refractivity contribution in [3.05, 3.63) is 35.8 Å². The van der Waals surface area contributed by atoms with Gasteiger partial charge in [-0.05, 0) is 50.2 Å². The standard InChI is InChI=1S/C16H22FN3/c1-19-7-9-20(10-8-19)6-2-3-13-11-15(17)12-14-4-5-18-16(13)14/h4-5,11-12,18H,2-3,6-10H2,1H3. The molecule has 1 N–H and O–H groups in total. The molecule has 1 saturated heterocycles. The molecular formula is C16H22FN3. The van der Waals surface area contributed by atoms with Crippen molar-refractivity contribution in [3.8, 4) is 0 Å². The Labute approximate surface area is 119 Å². The largest absolute Gasteiger partial charge is 0.361 e. The molecule has 0 radical (unpaired) electrons. The molecule has 1 aromatic heterocycles. The summed E-state index contributed by atoms with van der Waals surface area (Å²) < 4.78 is 13.6. The summed E-state index contributed by atoms with van der Waals surface area (Å²) in [6.07, 6.45) is 3.90. The number of H-pyrrole nitrogens is 1. The quantitative estimate of drug-likeness (QED) is 0.926. The minimum absolute atomic E-state index is 0.133. The number of fused-ring (bicyclic) bond motifs is 1. The highest BCUT2D eigenvalue weighted by Crippen LogP contribution is 2.20. The topological polar surface area (TPSA) is 22.3 Å². The van der Waals surface area contributed by atoms with E-state index in [0.717, 1.165) is 62.0 Å². The fourth-order valence-electron chi connectivity index (χ4n) is 2.97. The van der Waals surface area contributed by atoms with Gasteiger partial charge in [0.2, 0.25) is 0 Å². The zero-order valence-electron chi connectivity index (χ0n) is 12.0. The van der Waals surface area contributed by atoms with Crippen molar-refractivity contribution in [2.75, 3.05) is 39.8 Å². The summed E-state index contributed by atoms with van der Waals surface area (Å²) in [4.78, 5) is 8.09. The number of nitrogens with zero attached hydrogens (tertiary/aromatic N) is 2. The van der Waals surface area contributed by atoms with E-state index in [0.29, 0.717) is 0 Å². The van der Waals surface area contributed by atoms with Crippen molar-refractivity contribution < 1.29 is 4.39 Å². The Morgan fingerprint density at radius 3 is 2.80 bits per heavy atom. The van der Waals surface area contributed by atoms with Crippen molar-refractivity contribution in [2.24, 2.45) is 0 Å². The Kier molecular flexibility index (Phi) is 4.03. The molecule has 20 heavy (non-hydrogen) atoms. The van der Waals surface area contributed by atoms with Gasteiger partial charge in [-0.15, -0.1) is 0 Å². The lowest BCUT2D eigenvalue weighted by Crippen LogP contribution is -2.44. The van der Waals surface area contributed by atoms with E-state index in [1.807, 2.05) is 12.3 Å². The van der Waals surface area contributed by atoms with Crippen LogP contribution in [0.2, 0.25) is 0 Å². The van der Waals surface area contributed by atoms with Gasteiger partial charge in [-0.25, -0.2) is 4.39 Å². The van der Waals surface area contributed by atoms with Crippen LogP contribution in [0.5, 0.6) is 0 Å². The molecule has 0 aliphatic carbocycles. The molecule has 0 saturated carbocycles. The van der Waals surface area contributed by atoms with Crippen LogP contribution in [0, 0.1) is 5.82 Å². The first-order chi connectivity index (χ1) is 9.72. The van der Waals surface area contributed by atoms with Crippen molar-refractivity contribution >= 4 is 10.9 Å². The maximum atomic E-state index is 13.6. The summed E-state index contributed by atoms with van der Waals surface area (Å²) in [5, 5.41) is 0.972. The molecule has 2 heterocycles. The lowest BCUT2D eigenvalue weighted by molar-refractivity contribution is 0.153. The summed E-state index contributed by atoms with van der Waals surface area (Å²) >= 11 is 0. The summed E-state index contributed by atoms with van der Waals surface area (Å²) in [6.45, 7) is 5.71. The third-order valence-corrected chi connectivity index (χ3v) is 4.22. The predicted octanol–water partition coefficient (Wildman–Crippen LogP) is 2.49. The molecule has 108 valence electrons. The third-order valence-electron chi connectivity index (χ3n) is 4.22. The van der Waals surface area contributed by atoms with E-state index in [2.05, 4.69) is 21.8 Å². The molecule has 1 aliphatic heterocycles. The third kappa shape index (κ3) is 3.02. The van der Waals surface area contributed by atoms with Gasteiger partial charge in [-0.1, -0.05) is 0 Å². The summed E-state index contributed by atoms with van der Waals surface area (Å²) in [7, 11) is 2.17. The average molecular weight is 275 g/mol. The molecule has 1 fully saturated rings. The molecule has 2 aromatic rings. The van der Waals surface area contributed by atoms with E-state index in [1.54, 1.807) is 12.1 Å². The van der Waals surface area contributed by atoms with Gasteiger partial charge in [-0.2, -0.15) is 0 Å². The molecule has 0 atom stereocenters. The number of aromatic nitrogens is 1. The fourth-order valence-corrected chi connectivity index (χ4v) is 2.97. The number of likely N-dealkylation sites (N-methyl/N-ethyl adjacent to an activating group) is 1. The van der Waals surface area contributed by atoms with Gasteiger partial charge >= 0.3 is 0 Å². The summed E-state index contributed by atoms with van der Waals surface area (Å²) in [5.74, 6) is -0.133. The van der Waals surface area contributed by atoms with E-state index in [1.165, 1.54) is 0 Å². The zero-order chi connectivity index (χ0) is 13.9. The van der Waals surface area contributed by atoms with Gasteiger partial charge in [0.05, 0.1) is 0 Å². The number of piperazine rings is 1. The Morgan fingerprint density at radius 1 is 1.20 bits per heavy atom. The lowest BCUT2D eigenvalue weighted by atomic mass is 10.1. The maximum Gasteiger partial charge on any atom is 0.124 e. The van der Waals surface area contributed by atoms with Gasteiger partial charge in [0.1, 0.15) is 5.82 Å². The van der Waals surface area contributed by atoms with E-state index in [-0.39, 0.29) is 5.82 Å². The van der Waals surface area contributed by atoms with Crippen molar-refractivity contribution in [1.82, 2.24) is 14.8 Å². The lowest BCUT2D eigenvalue weighted by Gasteiger charge is -2.32. The highest BCUT2D eigenvalue weighted by molar-refractivity contribution is 5.82. The van der Waals surface area contributed by atoms with Crippen LogP contribution in [0.1, 0.15) is 12.0 Å². The van der Waals surface area contributed by atoms with Gasteiger partial charge in [0.25, 0.3) is 0 Å². The number of halogens is 1. The normalized spacial score (nSPS) is 17.9. The van der Waals surface area contributed by atoms with Crippen LogP contribution in [0.4, 0.5) is 4.39 Å². The highest BCUT2D eigenvalue weighted by Gasteiger charge is 2.13. The van der Waals surface area contributed by atoms with Crippen molar-refractivity contribution in [3.63, 3.8) is 0 Å². The van der Waals surface area contributed by atoms with Gasteiger partial charge < -0.3 is 14.8 Å². The minimum atomic E-state index is -0.133. The average Bonchev–Trinajstić information content (AvgIpc) is 2.89. The Hall–Kier alpha value is -1.39. The second-order valence-corrected chi connectivity index (χ2v) is 5.76. The number of aryl methyl sites for hydroxylation is 1. The van der Waals surface area contributed by atoms with E-state index in [4.69, 9.17) is 0 Å². The number of benzene rings is 1. The number of hydrogen-bond acceptors (Lipinski definition) is 2. The molecule has 1 aliphatic rings. The smallest absolute Gasteiger partial charge is 0.124 e. The maximum absolute atomic E-state index is 13.6. The molecule has 0 amide bonds. The van der Waals surface area contributed by atoms with Gasteiger partial charge in [0.15, 0.2) is 0 Å². The first kappa shape index (κ1) is 13.6. The van der Waals surface area contributed by atoms with Crippen LogP contribution in [-0.4, -0.2) is 54.6 Å². The van der Waals surface area contributed by atoms with Crippen LogP contribution in [0.25, 0.3) is 10.9 Å². The van der Waals surface area contributed by atoms with Gasteiger partial charge in [-0.3, -0.25) is 0 Å². The first-order valence-electron chi connectivity index (χ1n) is 7.39. The summed E-state index contributed by atoms with van der Waals surface area (Å²) in [6, 6.07) is 5.20. The van der Waals surface area contributed by atoms with Crippen LogP contribution < -0.4 is 0 Å². The van der Waals surface area contributed by atoms with Crippen LogP contribution in [0.15, 0.2) is 24.4 Å². The molecule has 3 rings (SSSR count). The predicted molar refractivity (Wildman–Crippen MR) is 80.5 cm³/mol. The molecule has 0 bridgehead atoms.